The molecule has 0 saturated heterocycles. The summed E-state index contributed by atoms with van der Waals surface area (Å²) in [5.41, 5.74) is 0. The van der Waals surface area contributed by atoms with Gasteiger partial charge in [0.15, 0.2) is 0 Å². The molecule has 0 aromatic heterocycles. The van der Waals surface area contributed by atoms with Crippen molar-refractivity contribution in [3.8, 4) is 0 Å². The van der Waals surface area contributed by atoms with Crippen molar-refractivity contribution in [1.82, 2.24) is 5.32 Å². The van der Waals surface area contributed by atoms with Crippen LogP contribution in [-0.4, -0.2) is 46.9 Å². The molecule has 0 rings (SSSR count). The second-order valence-corrected chi connectivity index (χ2v) is 16.1. The number of carbonyl (C=O) groups excluding carboxylic acids is 2. The summed E-state index contributed by atoms with van der Waals surface area (Å²) in [7, 11) is 0. The lowest BCUT2D eigenvalue weighted by molar-refractivity contribution is -0.150. The number of unbranched alkanes of at least 4 members (excludes halogenated alkanes) is 13. The zero-order valence-electron chi connectivity index (χ0n) is 39.2. The molecule has 0 heterocycles. The number of esters is 1. The monoisotopic (exact) mass is 846 g/mol. The Balaban J connectivity index is 4.86. The van der Waals surface area contributed by atoms with Crippen LogP contribution in [0.4, 0.5) is 0 Å². The first kappa shape index (κ1) is 57.5. The molecular formula is C55H91NO5. The van der Waals surface area contributed by atoms with Crippen LogP contribution in [0.1, 0.15) is 201 Å². The van der Waals surface area contributed by atoms with E-state index in [1.807, 2.05) is 12.2 Å². The van der Waals surface area contributed by atoms with Gasteiger partial charge in [-0.25, -0.2) is 0 Å². The summed E-state index contributed by atoms with van der Waals surface area (Å²) < 4.78 is 5.83. The van der Waals surface area contributed by atoms with E-state index < -0.39 is 18.2 Å². The Morgan fingerprint density at radius 1 is 0.508 bits per heavy atom. The van der Waals surface area contributed by atoms with Crippen molar-refractivity contribution in [3.63, 3.8) is 0 Å². The molecule has 3 atom stereocenters. The molecule has 0 bridgehead atoms. The van der Waals surface area contributed by atoms with Gasteiger partial charge in [0.25, 0.3) is 0 Å². The SMILES string of the molecule is CC/C=C\C/C=C\C/C=C\C/C=C\C/C=C\CC(CC(=O)NC(CO)C(O)CCCCCCCCCCCC)OC(=O)CCC/C=C\C/C=C\C/C=C\C/C=C\CCCCC. The highest BCUT2D eigenvalue weighted by Gasteiger charge is 2.23. The van der Waals surface area contributed by atoms with E-state index in [0.29, 0.717) is 19.3 Å². The molecule has 61 heavy (non-hydrogen) atoms. The maximum Gasteiger partial charge on any atom is 0.306 e. The molecule has 3 N–H and O–H groups in total. The quantitative estimate of drug-likeness (QED) is 0.0323. The van der Waals surface area contributed by atoms with Crippen LogP contribution < -0.4 is 5.32 Å². The van der Waals surface area contributed by atoms with Gasteiger partial charge in [0.05, 0.1) is 25.2 Å². The van der Waals surface area contributed by atoms with Crippen LogP contribution >= 0.6 is 0 Å². The second-order valence-electron chi connectivity index (χ2n) is 16.1. The maximum atomic E-state index is 13.1. The minimum absolute atomic E-state index is 0.0291. The van der Waals surface area contributed by atoms with E-state index in [1.54, 1.807) is 0 Å². The first-order chi connectivity index (χ1) is 30.0. The fourth-order valence-corrected chi connectivity index (χ4v) is 6.62. The van der Waals surface area contributed by atoms with Crippen LogP contribution in [0.25, 0.3) is 0 Å². The van der Waals surface area contributed by atoms with Crippen LogP contribution in [-0.2, 0) is 14.3 Å². The molecule has 0 aliphatic carbocycles. The van der Waals surface area contributed by atoms with Gasteiger partial charge in [-0.1, -0.05) is 207 Å². The minimum atomic E-state index is -0.826. The van der Waals surface area contributed by atoms with Crippen molar-refractivity contribution in [2.75, 3.05) is 6.61 Å². The molecular weight excluding hydrogens is 755 g/mol. The smallest absolute Gasteiger partial charge is 0.306 e. The van der Waals surface area contributed by atoms with E-state index in [9.17, 15) is 19.8 Å². The Hall–Kier alpha value is -3.48. The molecule has 3 unspecified atom stereocenters. The number of nitrogens with one attached hydrogen (secondary N) is 1. The predicted octanol–water partition coefficient (Wildman–Crippen LogP) is 14.7. The molecule has 0 aromatic carbocycles. The fraction of sp³-hybridized carbons (Fsp3) is 0.636. The molecule has 0 spiro atoms. The number of carbonyl (C=O) groups is 2. The number of ether oxygens (including phenoxy) is 1. The highest BCUT2D eigenvalue weighted by molar-refractivity contribution is 5.77. The van der Waals surface area contributed by atoms with Gasteiger partial charge in [0, 0.05) is 12.8 Å². The van der Waals surface area contributed by atoms with E-state index in [-0.39, 0.29) is 31.3 Å². The average molecular weight is 846 g/mol. The van der Waals surface area contributed by atoms with E-state index >= 15 is 0 Å². The van der Waals surface area contributed by atoms with Crippen LogP contribution in [0.3, 0.4) is 0 Å². The Morgan fingerprint density at radius 2 is 0.918 bits per heavy atom. The van der Waals surface area contributed by atoms with Gasteiger partial charge in [-0.3, -0.25) is 9.59 Å². The third-order valence-corrected chi connectivity index (χ3v) is 10.3. The van der Waals surface area contributed by atoms with Gasteiger partial charge in [-0.05, 0) is 83.5 Å². The Bertz CT molecular complexity index is 1270. The van der Waals surface area contributed by atoms with Crippen molar-refractivity contribution in [2.45, 2.75) is 219 Å². The predicted molar refractivity (Wildman–Crippen MR) is 263 cm³/mol. The van der Waals surface area contributed by atoms with Crippen LogP contribution in [0.15, 0.2) is 109 Å². The number of hydrogen-bond acceptors (Lipinski definition) is 5. The Morgan fingerprint density at radius 3 is 1.39 bits per heavy atom. The molecule has 0 aliphatic heterocycles. The van der Waals surface area contributed by atoms with Crippen molar-refractivity contribution in [1.29, 1.82) is 0 Å². The molecule has 0 aromatic rings. The van der Waals surface area contributed by atoms with E-state index in [2.05, 4.69) is 123 Å². The van der Waals surface area contributed by atoms with Gasteiger partial charge < -0.3 is 20.3 Å². The Labute approximate surface area is 375 Å². The molecule has 346 valence electrons. The summed E-state index contributed by atoms with van der Waals surface area (Å²) in [6, 6.07) is -0.749. The molecule has 6 nitrogen and oxygen atoms in total. The molecule has 0 radical (unpaired) electrons. The lowest BCUT2D eigenvalue weighted by Gasteiger charge is -2.24. The van der Waals surface area contributed by atoms with Crippen LogP contribution in [0.2, 0.25) is 0 Å². The topological polar surface area (TPSA) is 95.9 Å². The van der Waals surface area contributed by atoms with Crippen molar-refractivity contribution >= 4 is 11.9 Å². The number of aliphatic hydroxyl groups excluding tert-OH is 2. The lowest BCUT2D eigenvalue weighted by atomic mass is 10.0. The first-order valence-corrected chi connectivity index (χ1v) is 24.6. The molecule has 0 fully saturated rings. The van der Waals surface area contributed by atoms with Gasteiger partial charge in [-0.15, -0.1) is 0 Å². The second kappa shape index (κ2) is 47.6. The van der Waals surface area contributed by atoms with Gasteiger partial charge in [0.1, 0.15) is 6.10 Å². The number of aliphatic hydroxyl groups is 2. The summed E-state index contributed by atoms with van der Waals surface area (Å²) in [6.45, 7) is 6.27. The molecule has 1 amide bonds. The van der Waals surface area contributed by atoms with Crippen LogP contribution in [0, 0.1) is 0 Å². The summed E-state index contributed by atoms with van der Waals surface area (Å²) in [5.74, 6) is -0.659. The van der Waals surface area contributed by atoms with Crippen molar-refractivity contribution in [2.24, 2.45) is 0 Å². The Kier molecular flexibility index (Phi) is 44.9. The van der Waals surface area contributed by atoms with Gasteiger partial charge in [-0.2, -0.15) is 0 Å². The molecule has 0 saturated carbocycles. The molecule has 6 heteroatoms. The van der Waals surface area contributed by atoms with Gasteiger partial charge >= 0.3 is 5.97 Å². The maximum absolute atomic E-state index is 13.1. The molecule has 0 aliphatic rings. The van der Waals surface area contributed by atoms with E-state index in [4.69, 9.17) is 4.74 Å². The van der Waals surface area contributed by atoms with Gasteiger partial charge in [0.2, 0.25) is 5.91 Å². The van der Waals surface area contributed by atoms with Crippen molar-refractivity contribution < 1.29 is 24.5 Å². The number of amides is 1. The highest BCUT2D eigenvalue weighted by Crippen LogP contribution is 2.15. The number of allylic oxidation sites excluding steroid dienone is 17. The van der Waals surface area contributed by atoms with E-state index in [1.165, 1.54) is 70.6 Å². The summed E-state index contributed by atoms with van der Waals surface area (Å²) in [4.78, 5) is 26.0. The normalized spacial score (nSPS) is 14.2. The zero-order valence-corrected chi connectivity index (χ0v) is 39.2. The number of hydrogen-bond donors (Lipinski definition) is 3. The van der Waals surface area contributed by atoms with Crippen LogP contribution in [0.5, 0.6) is 0 Å². The lowest BCUT2D eigenvalue weighted by Crippen LogP contribution is -2.46. The largest absolute Gasteiger partial charge is 0.461 e. The van der Waals surface area contributed by atoms with Crippen molar-refractivity contribution in [3.05, 3.63) is 109 Å². The average Bonchev–Trinajstić information content (AvgIpc) is 3.25. The fourth-order valence-electron chi connectivity index (χ4n) is 6.62. The van der Waals surface area contributed by atoms with E-state index in [0.717, 1.165) is 77.0 Å². The standard InChI is InChI=1S/C55H91NO5/c1-4-7-10-13-16-19-22-24-26-27-29-31-33-36-39-42-45-48-55(60)61-51(46-43-40-37-34-32-30-28-25-23-20-17-14-11-8-5-2)49-54(59)56-52(50-57)53(58)47-44-41-38-35-21-18-15-12-9-6-3/h8,11,16-17,19-20,24-26,28-29,31-32,34,36,39-40,43,51-53,57-58H,4-7,9-10,12-15,18,21-23,27,30,33,35,37-38,41-42,44-50H2,1-3H3,(H,56,59)/b11-8-,19-16-,20-17-,26-24-,28-25-,31-29-,34-32-,39-36-,43-40-. The first-order valence-electron chi connectivity index (χ1n) is 24.6. The summed E-state index contributed by atoms with van der Waals surface area (Å²) in [6.07, 6.45) is 64.5. The summed E-state index contributed by atoms with van der Waals surface area (Å²) in [5, 5.41) is 23.6. The third kappa shape index (κ3) is 43.0. The third-order valence-electron chi connectivity index (χ3n) is 10.3. The minimum Gasteiger partial charge on any atom is -0.461 e. The number of rotatable bonds is 42. The zero-order chi connectivity index (χ0) is 44.5. The highest BCUT2D eigenvalue weighted by atomic mass is 16.5. The summed E-state index contributed by atoms with van der Waals surface area (Å²) >= 11 is 0.